The lowest BCUT2D eigenvalue weighted by Crippen LogP contribution is -2.46. The summed E-state index contributed by atoms with van der Waals surface area (Å²) in [5.74, 6) is -0.816. The van der Waals surface area contributed by atoms with Gasteiger partial charge in [-0.3, -0.25) is 9.59 Å². The summed E-state index contributed by atoms with van der Waals surface area (Å²) in [5.41, 5.74) is 1.97. The van der Waals surface area contributed by atoms with E-state index in [0.29, 0.717) is 11.5 Å². The standard InChI is InChI=1S/C25H29NO4/c1-16-12-14-19(15-13-16)23(27)20-9-5-6-10-21(20)25(29)30-18(3)24(28)26-22-11-7-4-8-17(22)2/h5-6,9-10,12-15,17-18,22H,4,7-8,11H2,1-3H3,(H,26,28)/t17-,18-,22-/m0/s1. The Morgan fingerprint density at radius 3 is 2.27 bits per heavy atom. The average Bonchev–Trinajstić information content (AvgIpc) is 2.75. The van der Waals surface area contributed by atoms with Crippen LogP contribution in [0.25, 0.3) is 0 Å². The van der Waals surface area contributed by atoms with Crippen molar-refractivity contribution < 1.29 is 19.1 Å². The zero-order valence-corrected chi connectivity index (χ0v) is 17.8. The van der Waals surface area contributed by atoms with E-state index in [4.69, 9.17) is 4.74 Å². The van der Waals surface area contributed by atoms with Crippen LogP contribution in [0, 0.1) is 12.8 Å². The second-order valence-corrected chi connectivity index (χ2v) is 8.17. The maximum Gasteiger partial charge on any atom is 0.339 e. The molecule has 2 aromatic rings. The van der Waals surface area contributed by atoms with Crippen LogP contribution in [-0.2, 0) is 9.53 Å². The Kier molecular flexibility index (Phi) is 7.03. The summed E-state index contributed by atoms with van der Waals surface area (Å²) in [6.07, 6.45) is 3.38. The van der Waals surface area contributed by atoms with Gasteiger partial charge < -0.3 is 10.1 Å². The number of rotatable bonds is 6. The minimum atomic E-state index is -0.936. The summed E-state index contributed by atoms with van der Waals surface area (Å²) < 4.78 is 5.42. The molecule has 158 valence electrons. The van der Waals surface area contributed by atoms with Crippen LogP contribution >= 0.6 is 0 Å². The minimum absolute atomic E-state index is 0.114. The number of carbonyl (C=O) groups is 3. The van der Waals surface area contributed by atoms with Gasteiger partial charge in [-0.15, -0.1) is 0 Å². The molecule has 0 aliphatic heterocycles. The lowest BCUT2D eigenvalue weighted by molar-refractivity contribution is -0.130. The van der Waals surface area contributed by atoms with E-state index < -0.39 is 12.1 Å². The molecule has 0 unspecified atom stereocenters. The maximum absolute atomic E-state index is 12.9. The molecule has 0 aromatic heterocycles. The summed E-state index contributed by atoms with van der Waals surface area (Å²) in [6.45, 7) is 5.64. The summed E-state index contributed by atoms with van der Waals surface area (Å²) in [5, 5.41) is 3.01. The zero-order valence-electron chi connectivity index (χ0n) is 17.8. The van der Waals surface area contributed by atoms with Gasteiger partial charge in [0, 0.05) is 17.2 Å². The van der Waals surface area contributed by atoms with Gasteiger partial charge >= 0.3 is 5.97 Å². The number of amides is 1. The van der Waals surface area contributed by atoms with Gasteiger partial charge in [0.2, 0.25) is 0 Å². The normalized spacial score (nSPS) is 19.6. The molecule has 0 saturated heterocycles. The van der Waals surface area contributed by atoms with Gasteiger partial charge in [-0.05, 0) is 38.7 Å². The molecular weight excluding hydrogens is 378 g/mol. The molecule has 1 aliphatic rings. The first kappa shape index (κ1) is 21.8. The molecule has 2 aromatic carbocycles. The highest BCUT2D eigenvalue weighted by Crippen LogP contribution is 2.24. The van der Waals surface area contributed by atoms with Gasteiger partial charge in [0.25, 0.3) is 5.91 Å². The average molecular weight is 408 g/mol. The van der Waals surface area contributed by atoms with Gasteiger partial charge in [0.1, 0.15) is 0 Å². The maximum atomic E-state index is 12.9. The van der Waals surface area contributed by atoms with E-state index in [1.165, 1.54) is 6.42 Å². The third kappa shape index (κ3) is 5.15. The van der Waals surface area contributed by atoms with E-state index >= 15 is 0 Å². The fourth-order valence-corrected chi connectivity index (χ4v) is 3.83. The molecule has 5 nitrogen and oxygen atoms in total. The van der Waals surface area contributed by atoms with Crippen molar-refractivity contribution >= 4 is 17.7 Å². The van der Waals surface area contributed by atoms with Crippen LogP contribution in [0.2, 0.25) is 0 Å². The molecule has 1 N–H and O–H groups in total. The molecule has 0 spiro atoms. The van der Waals surface area contributed by atoms with Gasteiger partial charge in [0.05, 0.1) is 5.56 Å². The molecule has 0 bridgehead atoms. The predicted octanol–water partition coefficient (Wildman–Crippen LogP) is 4.47. The highest BCUT2D eigenvalue weighted by Gasteiger charge is 2.27. The number of hydrogen-bond acceptors (Lipinski definition) is 4. The van der Waals surface area contributed by atoms with Crippen molar-refractivity contribution in [2.75, 3.05) is 0 Å². The molecule has 3 atom stereocenters. The fourth-order valence-electron chi connectivity index (χ4n) is 3.83. The van der Waals surface area contributed by atoms with E-state index in [1.54, 1.807) is 43.3 Å². The van der Waals surface area contributed by atoms with E-state index in [2.05, 4.69) is 12.2 Å². The molecule has 3 rings (SSSR count). The number of carbonyl (C=O) groups excluding carboxylic acids is 3. The van der Waals surface area contributed by atoms with E-state index in [1.807, 2.05) is 19.1 Å². The van der Waals surface area contributed by atoms with Gasteiger partial charge in [-0.25, -0.2) is 4.79 Å². The van der Waals surface area contributed by atoms with Gasteiger partial charge in [-0.1, -0.05) is 67.8 Å². The molecule has 5 heteroatoms. The fraction of sp³-hybridized carbons (Fsp3) is 0.400. The summed E-state index contributed by atoms with van der Waals surface area (Å²) >= 11 is 0. The molecule has 0 radical (unpaired) electrons. The van der Waals surface area contributed by atoms with Gasteiger partial charge in [0.15, 0.2) is 11.9 Å². The monoisotopic (exact) mass is 407 g/mol. The number of ether oxygens (including phenoxy) is 1. The number of hydrogen-bond donors (Lipinski definition) is 1. The van der Waals surface area contributed by atoms with Gasteiger partial charge in [-0.2, -0.15) is 0 Å². The number of ketones is 1. The Morgan fingerprint density at radius 2 is 1.60 bits per heavy atom. The Balaban J connectivity index is 1.70. The number of esters is 1. The Hall–Kier alpha value is -2.95. The molecule has 1 amide bonds. The largest absolute Gasteiger partial charge is 0.449 e. The minimum Gasteiger partial charge on any atom is -0.449 e. The van der Waals surface area contributed by atoms with Crippen molar-refractivity contribution in [3.63, 3.8) is 0 Å². The lowest BCUT2D eigenvalue weighted by Gasteiger charge is -2.30. The number of nitrogens with one attached hydrogen (secondary N) is 1. The van der Waals surface area contributed by atoms with E-state index in [0.717, 1.165) is 24.8 Å². The first-order valence-electron chi connectivity index (χ1n) is 10.6. The van der Waals surface area contributed by atoms with Crippen molar-refractivity contribution in [3.05, 3.63) is 70.8 Å². The molecule has 1 saturated carbocycles. The van der Waals surface area contributed by atoms with E-state index in [-0.39, 0.29) is 28.9 Å². The van der Waals surface area contributed by atoms with Crippen LogP contribution in [0.15, 0.2) is 48.5 Å². The quantitative estimate of drug-likeness (QED) is 0.567. The summed E-state index contributed by atoms with van der Waals surface area (Å²) in [6, 6.07) is 13.8. The Bertz CT molecular complexity index is 919. The van der Waals surface area contributed by atoms with Crippen molar-refractivity contribution in [1.29, 1.82) is 0 Å². The summed E-state index contributed by atoms with van der Waals surface area (Å²) in [7, 11) is 0. The smallest absolute Gasteiger partial charge is 0.339 e. The second kappa shape index (κ2) is 9.70. The van der Waals surface area contributed by atoms with Crippen molar-refractivity contribution in [3.8, 4) is 0 Å². The van der Waals surface area contributed by atoms with Crippen LogP contribution in [0.1, 0.15) is 71.4 Å². The molecular formula is C25H29NO4. The highest BCUT2D eigenvalue weighted by molar-refractivity contribution is 6.14. The van der Waals surface area contributed by atoms with E-state index in [9.17, 15) is 14.4 Å². The highest BCUT2D eigenvalue weighted by atomic mass is 16.5. The van der Waals surface area contributed by atoms with Crippen LogP contribution in [0.4, 0.5) is 0 Å². The van der Waals surface area contributed by atoms with Crippen LogP contribution in [0.3, 0.4) is 0 Å². The Labute approximate surface area is 177 Å². The second-order valence-electron chi connectivity index (χ2n) is 8.17. The molecule has 0 heterocycles. The first-order chi connectivity index (χ1) is 14.4. The van der Waals surface area contributed by atoms with Crippen molar-refractivity contribution in [2.45, 2.75) is 58.6 Å². The first-order valence-corrected chi connectivity index (χ1v) is 10.6. The third-order valence-corrected chi connectivity index (χ3v) is 5.80. The molecule has 30 heavy (non-hydrogen) atoms. The summed E-state index contributed by atoms with van der Waals surface area (Å²) in [4.78, 5) is 38.2. The Morgan fingerprint density at radius 1 is 0.967 bits per heavy atom. The van der Waals surface area contributed by atoms with Crippen LogP contribution < -0.4 is 5.32 Å². The molecule has 1 aliphatic carbocycles. The lowest BCUT2D eigenvalue weighted by atomic mass is 9.86. The van der Waals surface area contributed by atoms with Crippen LogP contribution in [0.5, 0.6) is 0 Å². The third-order valence-electron chi connectivity index (χ3n) is 5.80. The topological polar surface area (TPSA) is 72.5 Å². The molecule has 1 fully saturated rings. The SMILES string of the molecule is Cc1ccc(C(=O)c2ccccc2C(=O)O[C@@H](C)C(=O)N[C@H]2CCCC[C@@H]2C)cc1. The van der Waals surface area contributed by atoms with Crippen molar-refractivity contribution in [2.24, 2.45) is 5.92 Å². The number of aryl methyl sites for hydroxylation is 1. The number of benzene rings is 2. The predicted molar refractivity (Wildman–Crippen MR) is 115 cm³/mol. The van der Waals surface area contributed by atoms with Crippen molar-refractivity contribution in [1.82, 2.24) is 5.32 Å². The zero-order chi connectivity index (χ0) is 21.7. The van der Waals surface area contributed by atoms with Crippen LogP contribution in [-0.4, -0.2) is 29.8 Å².